The lowest BCUT2D eigenvalue weighted by atomic mass is 9.72. The molecule has 1 aliphatic rings. The molecule has 2 aromatic heterocycles. The summed E-state index contributed by atoms with van der Waals surface area (Å²) in [6.45, 7) is 3.14. The third-order valence-corrected chi connectivity index (χ3v) is 10.5. The summed E-state index contributed by atoms with van der Waals surface area (Å²) in [4.78, 5) is 2.52. The largest absolute Gasteiger partial charge is 0.339 e. The number of para-hydroxylation sites is 6. The van der Waals surface area contributed by atoms with Gasteiger partial charge in [0.1, 0.15) is 5.54 Å². The molecule has 0 radical (unpaired) electrons. The molecule has 7 aromatic carbocycles. The van der Waals surface area contributed by atoms with E-state index in [9.17, 15) is 0 Å². The Kier molecular flexibility index (Phi) is 5.77. The molecule has 0 spiro atoms. The Morgan fingerprint density at radius 3 is 1.48 bits per heavy atom. The van der Waals surface area contributed by atoms with Crippen LogP contribution < -0.4 is 4.90 Å². The lowest BCUT2D eigenvalue weighted by Crippen LogP contribution is -2.42. The van der Waals surface area contributed by atoms with Gasteiger partial charge in [0.15, 0.2) is 0 Å². The minimum Gasteiger partial charge on any atom is -0.339 e. The highest BCUT2D eigenvalue weighted by atomic mass is 15.2. The first-order valence-electron chi connectivity index (χ1n) is 16.9. The Balaban J connectivity index is 1.40. The number of aromatic nitrogens is 2. The monoisotopic (exact) mass is 615 g/mol. The predicted molar refractivity (Wildman–Crippen MR) is 201 cm³/mol. The van der Waals surface area contributed by atoms with Gasteiger partial charge in [0.2, 0.25) is 0 Å². The summed E-state index contributed by atoms with van der Waals surface area (Å²) in [5.41, 5.74) is 11.6. The molecular weight excluding hydrogens is 583 g/mol. The van der Waals surface area contributed by atoms with E-state index in [1.165, 1.54) is 77.4 Å². The summed E-state index contributed by atoms with van der Waals surface area (Å²) < 4.78 is 5.10. The van der Waals surface area contributed by atoms with Crippen LogP contribution in [0.15, 0.2) is 170 Å². The van der Waals surface area contributed by atoms with Gasteiger partial charge >= 0.3 is 0 Å². The van der Waals surface area contributed by atoms with Crippen molar-refractivity contribution in [1.82, 2.24) is 9.13 Å². The smallest absolute Gasteiger partial charge is 0.125 e. The predicted octanol–water partition coefficient (Wildman–Crippen LogP) is 11.5. The molecule has 0 bridgehead atoms. The summed E-state index contributed by atoms with van der Waals surface area (Å²) in [7, 11) is 0. The number of hydrogen-bond acceptors (Lipinski definition) is 1. The van der Waals surface area contributed by atoms with Gasteiger partial charge in [0, 0.05) is 44.7 Å². The Bertz CT molecular complexity index is 2580. The molecule has 3 heteroatoms. The van der Waals surface area contributed by atoms with Gasteiger partial charge in [-0.1, -0.05) is 133 Å². The molecule has 0 amide bonds. The van der Waals surface area contributed by atoms with E-state index < -0.39 is 5.54 Å². The molecule has 3 nitrogen and oxygen atoms in total. The highest BCUT2D eigenvalue weighted by molar-refractivity contribution is 6.14. The number of benzene rings is 7. The number of hydrogen-bond donors (Lipinski definition) is 0. The summed E-state index contributed by atoms with van der Waals surface area (Å²) >= 11 is 0. The topological polar surface area (TPSA) is 13.1 Å². The quantitative estimate of drug-likeness (QED) is 0.192. The lowest BCUT2D eigenvalue weighted by molar-refractivity contribution is 0.544. The van der Waals surface area contributed by atoms with E-state index in [1.54, 1.807) is 0 Å². The molecule has 3 heterocycles. The van der Waals surface area contributed by atoms with Gasteiger partial charge < -0.3 is 14.0 Å². The SMILES string of the molecule is CCn1c2ccccc2c2cccc(N3c4ccccc4C(c4ccccc4)(n4c5ccccc5c5ccccc54)c4ccccc43)c21. The molecule has 0 unspecified atom stereocenters. The van der Waals surface area contributed by atoms with E-state index in [2.05, 4.69) is 191 Å². The van der Waals surface area contributed by atoms with Crippen molar-refractivity contribution in [3.8, 4) is 0 Å². The summed E-state index contributed by atoms with van der Waals surface area (Å²) in [5.74, 6) is 0. The molecule has 0 fully saturated rings. The molecular formula is C45H33N3. The molecule has 1 aliphatic heterocycles. The second-order valence-corrected chi connectivity index (χ2v) is 12.8. The first-order chi connectivity index (χ1) is 23.8. The van der Waals surface area contributed by atoms with E-state index >= 15 is 0 Å². The van der Waals surface area contributed by atoms with Crippen molar-refractivity contribution in [3.63, 3.8) is 0 Å². The van der Waals surface area contributed by atoms with Crippen LogP contribution in [-0.2, 0) is 12.1 Å². The van der Waals surface area contributed by atoms with Crippen LogP contribution in [0.4, 0.5) is 17.1 Å². The standard InChI is InChI=1S/C45H33N3/c1-2-46-38-25-11-6-21-34(38)35-22-16-30-43(44(35)46)47-41-28-14-9-23-36(41)45(31-17-4-3-5-18-31,37-24-10-15-29-42(37)47)48-39-26-12-7-19-32(39)33-20-8-13-27-40(33)48/h3-30H,2H2,1H3. The third-order valence-electron chi connectivity index (χ3n) is 10.5. The zero-order valence-corrected chi connectivity index (χ0v) is 26.7. The first kappa shape index (κ1) is 27.1. The van der Waals surface area contributed by atoms with Gasteiger partial charge in [-0.2, -0.15) is 0 Å². The molecule has 10 rings (SSSR count). The van der Waals surface area contributed by atoms with E-state index in [-0.39, 0.29) is 0 Å². The first-order valence-corrected chi connectivity index (χ1v) is 16.9. The van der Waals surface area contributed by atoms with Crippen molar-refractivity contribution in [2.24, 2.45) is 0 Å². The van der Waals surface area contributed by atoms with Gasteiger partial charge in [-0.25, -0.2) is 0 Å². The maximum Gasteiger partial charge on any atom is 0.125 e. The van der Waals surface area contributed by atoms with Crippen molar-refractivity contribution in [3.05, 3.63) is 187 Å². The Morgan fingerprint density at radius 2 is 0.875 bits per heavy atom. The molecule has 228 valence electrons. The van der Waals surface area contributed by atoms with Gasteiger partial charge in [0.05, 0.1) is 33.6 Å². The fourth-order valence-corrected chi connectivity index (χ4v) is 8.73. The maximum atomic E-state index is 2.62. The molecule has 0 saturated heterocycles. The van der Waals surface area contributed by atoms with Crippen molar-refractivity contribution < 1.29 is 0 Å². The summed E-state index contributed by atoms with van der Waals surface area (Å²) in [6.07, 6.45) is 0. The van der Waals surface area contributed by atoms with Crippen LogP contribution in [-0.4, -0.2) is 9.13 Å². The Hall–Kier alpha value is -6.06. The second kappa shape index (κ2) is 10.2. The van der Waals surface area contributed by atoms with Crippen LogP contribution in [0.25, 0.3) is 43.6 Å². The van der Waals surface area contributed by atoms with Crippen LogP contribution in [0.1, 0.15) is 23.6 Å². The van der Waals surface area contributed by atoms with Crippen molar-refractivity contribution in [2.75, 3.05) is 4.90 Å². The molecule has 0 atom stereocenters. The molecule has 0 aliphatic carbocycles. The van der Waals surface area contributed by atoms with Crippen LogP contribution in [0, 0.1) is 0 Å². The molecule has 48 heavy (non-hydrogen) atoms. The van der Waals surface area contributed by atoms with Gasteiger partial charge in [-0.15, -0.1) is 0 Å². The fraction of sp³-hybridized carbons (Fsp3) is 0.0667. The minimum absolute atomic E-state index is 0.654. The molecule has 0 saturated carbocycles. The summed E-state index contributed by atoms with van der Waals surface area (Å²) in [5, 5.41) is 5.09. The molecule has 9 aromatic rings. The van der Waals surface area contributed by atoms with Gasteiger partial charge in [-0.05, 0) is 48.9 Å². The number of aryl methyl sites for hydroxylation is 1. The zero-order chi connectivity index (χ0) is 31.8. The zero-order valence-electron chi connectivity index (χ0n) is 26.7. The average molecular weight is 616 g/mol. The van der Waals surface area contributed by atoms with Gasteiger partial charge in [-0.3, -0.25) is 0 Å². The van der Waals surface area contributed by atoms with Crippen LogP contribution in [0.2, 0.25) is 0 Å². The van der Waals surface area contributed by atoms with E-state index in [4.69, 9.17) is 0 Å². The number of fused-ring (bicyclic) bond motifs is 8. The Morgan fingerprint density at radius 1 is 0.417 bits per heavy atom. The van der Waals surface area contributed by atoms with Crippen LogP contribution in [0.5, 0.6) is 0 Å². The van der Waals surface area contributed by atoms with E-state index in [0.717, 1.165) is 6.54 Å². The number of rotatable bonds is 4. The lowest BCUT2D eigenvalue weighted by Gasteiger charge is -2.47. The molecule has 0 N–H and O–H groups in total. The van der Waals surface area contributed by atoms with Crippen molar-refractivity contribution in [2.45, 2.75) is 19.0 Å². The minimum atomic E-state index is -0.654. The normalized spacial score (nSPS) is 13.7. The third kappa shape index (κ3) is 3.43. The Labute approximate surface area is 279 Å². The highest BCUT2D eigenvalue weighted by Gasteiger charge is 2.48. The van der Waals surface area contributed by atoms with Crippen molar-refractivity contribution >= 4 is 60.7 Å². The fourth-order valence-electron chi connectivity index (χ4n) is 8.73. The average Bonchev–Trinajstić information content (AvgIpc) is 3.67. The second-order valence-electron chi connectivity index (χ2n) is 12.8. The number of anilines is 3. The van der Waals surface area contributed by atoms with E-state index in [0.29, 0.717) is 0 Å². The van der Waals surface area contributed by atoms with Crippen LogP contribution in [0.3, 0.4) is 0 Å². The number of nitrogens with zero attached hydrogens (tertiary/aromatic N) is 3. The van der Waals surface area contributed by atoms with E-state index in [1.807, 2.05) is 0 Å². The van der Waals surface area contributed by atoms with Crippen molar-refractivity contribution in [1.29, 1.82) is 0 Å². The maximum absolute atomic E-state index is 2.62. The van der Waals surface area contributed by atoms with Gasteiger partial charge in [0.25, 0.3) is 0 Å². The summed E-state index contributed by atoms with van der Waals surface area (Å²) in [6, 6.07) is 62.6. The highest BCUT2D eigenvalue weighted by Crippen LogP contribution is 2.58. The van der Waals surface area contributed by atoms with Crippen LogP contribution >= 0.6 is 0 Å².